The lowest BCUT2D eigenvalue weighted by Crippen LogP contribution is -2.61. The summed E-state index contributed by atoms with van der Waals surface area (Å²) in [6.45, 7) is 12.2. The van der Waals surface area contributed by atoms with Crippen LogP contribution in [0, 0.1) is 0 Å². The van der Waals surface area contributed by atoms with E-state index in [-0.39, 0.29) is 11.6 Å². The minimum Gasteiger partial charge on any atom is -0.444 e. The summed E-state index contributed by atoms with van der Waals surface area (Å²) in [5.41, 5.74) is 0.495. The second-order valence-electron chi connectivity index (χ2n) is 7.20. The van der Waals surface area contributed by atoms with Crippen molar-refractivity contribution < 1.29 is 9.53 Å². The zero-order chi connectivity index (χ0) is 15.7. The summed E-state index contributed by atoms with van der Waals surface area (Å²) in [5, 5.41) is 0. The Balaban J connectivity index is 2.08. The first-order valence-electron chi connectivity index (χ1n) is 7.50. The van der Waals surface area contributed by atoms with E-state index in [9.17, 15) is 4.79 Å². The number of rotatable bonds is 1. The van der Waals surface area contributed by atoms with Gasteiger partial charge in [-0.3, -0.25) is 4.90 Å². The van der Waals surface area contributed by atoms with Gasteiger partial charge in [0.1, 0.15) is 5.60 Å². The lowest BCUT2D eigenvalue weighted by atomic mass is 9.99. The Labute approximate surface area is 127 Å². The average molecular weight is 290 g/mol. The van der Waals surface area contributed by atoms with E-state index in [1.165, 1.54) is 5.69 Å². The maximum absolute atomic E-state index is 12.4. The molecule has 1 aliphatic rings. The molecule has 4 nitrogen and oxygen atoms in total. The molecule has 1 fully saturated rings. The van der Waals surface area contributed by atoms with Gasteiger partial charge in [-0.25, -0.2) is 4.79 Å². The van der Waals surface area contributed by atoms with Crippen LogP contribution in [0.3, 0.4) is 0 Å². The number of amides is 1. The van der Waals surface area contributed by atoms with Gasteiger partial charge in [0.05, 0.1) is 5.54 Å². The molecule has 0 aliphatic carbocycles. The number of anilines is 1. The topological polar surface area (TPSA) is 32.8 Å². The monoisotopic (exact) mass is 290 g/mol. The van der Waals surface area contributed by atoms with Crippen LogP contribution in [-0.2, 0) is 4.74 Å². The van der Waals surface area contributed by atoms with E-state index in [0.717, 1.165) is 13.1 Å². The lowest BCUT2D eigenvalue weighted by Gasteiger charge is -2.47. The first kappa shape index (κ1) is 15.7. The highest BCUT2D eigenvalue weighted by Gasteiger charge is 2.38. The van der Waals surface area contributed by atoms with Gasteiger partial charge in [-0.05, 0) is 46.8 Å². The molecule has 0 saturated carbocycles. The Bertz CT molecular complexity index is 491. The van der Waals surface area contributed by atoms with E-state index in [1.807, 2.05) is 43.9 Å². The van der Waals surface area contributed by atoms with Crippen LogP contribution in [0.1, 0.15) is 34.6 Å². The maximum Gasteiger partial charge on any atom is 0.410 e. The number of carbonyl (C=O) groups is 1. The maximum atomic E-state index is 12.4. The van der Waals surface area contributed by atoms with E-state index in [2.05, 4.69) is 30.9 Å². The molecule has 21 heavy (non-hydrogen) atoms. The molecule has 116 valence electrons. The van der Waals surface area contributed by atoms with Crippen molar-refractivity contribution >= 4 is 11.8 Å². The molecule has 1 aromatic rings. The van der Waals surface area contributed by atoms with Crippen LogP contribution in [0.4, 0.5) is 10.5 Å². The zero-order valence-corrected chi connectivity index (χ0v) is 13.7. The Hall–Kier alpha value is -1.71. The highest BCUT2D eigenvalue weighted by molar-refractivity contribution is 5.70. The molecule has 1 heterocycles. The number of hydrogen-bond donors (Lipinski definition) is 0. The van der Waals surface area contributed by atoms with Crippen LogP contribution in [0.15, 0.2) is 30.3 Å². The molecule has 1 amide bonds. The fraction of sp³-hybridized carbons (Fsp3) is 0.588. The summed E-state index contributed by atoms with van der Waals surface area (Å²) < 4.78 is 5.52. The van der Waals surface area contributed by atoms with E-state index in [1.54, 1.807) is 0 Å². The first-order chi connectivity index (χ1) is 9.69. The van der Waals surface area contributed by atoms with Gasteiger partial charge in [0.25, 0.3) is 0 Å². The third-order valence-corrected chi connectivity index (χ3v) is 3.64. The molecule has 0 aromatic heterocycles. The van der Waals surface area contributed by atoms with Crippen LogP contribution < -0.4 is 4.90 Å². The first-order valence-corrected chi connectivity index (χ1v) is 7.50. The van der Waals surface area contributed by atoms with Gasteiger partial charge in [0.15, 0.2) is 0 Å². The summed E-state index contributed by atoms with van der Waals surface area (Å²) in [6, 6.07) is 10.3. The van der Waals surface area contributed by atoms with Crippen molar-refractivity contribution in [2.45, 2.75) is 45.8 Å². The van der Waals surface area contributed by atoms with E-state index < -0.39 is 5.60 Å². The van der Waals surface area contributed by atoms with Crippen molar-refractivity contribution in [3.05, 3.63) is 30.3 Å². The molecule has 0 N–H and O–H groups in total. The number of ether oxygens (including phenoxy) is 1. The summed E-state index contributed by atoms with van der Waals surface area (Å²) in [7, 11) is 0. The molecule has 4 heteroatoms. The standard InChI is InChI=1S/C17H26N2O2/c1-16(2,3)21-15(20)19-12-11-18(13-17(19,4)5)14-9-7-6-8-10-14/h6-10H,11-13H2,1-5H3. The van der Waals surface area contributed by atoms with Gasteiger partial charge < -0.3 is 9.64 Å². The summed E-state index contributed by atoms with van der Waals surface area (Å²) in [5.74, 6) is 0. The van der Waals surface area contributed by atoms with Crippen molar-refractivity contribution in [1.29, 1.82) is 0 Å². The highest BCUT2D eigenvalue weighted by atomic mass is 16.6. The van der Waals surface area contributed by atoms with Crippen LogP contribution in [0.5, 0.6) is 0 Å². The molecule has 0 unspecified atom stereocenters. The van der Waals surface area contributed by atoms with Gasteiger partial charge in [-0.15, -0.1) is 0 Å². The molecule has 0 radical (unpaired) electrons. The summed E-state index contributed by atoms with van der Waals surface area (Å²) in [6.07, 6.45) is -0.222. The van der Waals surface area contributed by atoms with Crippen LogP contribution in [0.2, 0.25) is 0 Å². The van der Waals surface area contributed by atoms with Crippen LogP contribution in [-0.4, -0.2) is 41.8 Å². The third-order valence-electron chi connectivity index (χ3n) is 3.64. The highest BCUT2D eigenvalue weighted by Crippen LogP contribution is 2.27. The van der Waals surface area contributed by atoms with Crippen LogP contribution >= 0.6 is 0 Å². The predicted molar refractivity (Wildman–Crippen MR) is 85.7 cm³/mol. The van der Waals surface area contributed by atoms with Crippen molar-refractivity contribution in [3.8, 4) is 0 Å². The number of piperazine rings is 1. The SMILES string of the molecule is CC(C)(C)OC(=O)N1CCN(c2ccccc2)CC1(C)C. The van der Waals surface area contributed by atoms with Crippen molar-refractivity contribution in [2.75, 3.05) is 24.5 Å². The number of carbonyl (C=O) groups excluding carboxylic acids is 1. The second kappa shape index (κ2) is 5.58. The third kappa shape index (κ3) is 3.90. The quantitative estimate of drug-likeness (QED) is 0.793. The van der Waals surface area contributed by atoms with E-state index >= 15 is 0 Å². The summed E-state index contributed by atoms with van der Waals surface area (Å²) >= 11 is 0. The Morgan fingerprint density at radius 3 is 2.29 bits per heavy atom. The van der Waals surface area contributed by atoms with Crippen LogP contribution in [0.25, 0.3) is 0 Å². The second-order valence-corrected chi connectivity index (χ2v) is 7.20. The van der Waals surface area contributed by atoms with Gasteiger partial charge in [0, 0.05) is 25.3 Å². The lowest BCUT2D eigenvalue weighted by molar-refractivity contribution is 0.000380. The molecule has 0 bridgehead atoms. The average Bonchev–Trinajstić information content (AvgIpc) is 2.36. The van der Waals surface area contributed by atoms with Crippen molar-refractivity contribution in [2.24, 2.45) is 0 Å². The Morgan fingerprint density at radius 1 is 1.14 bits per heavy atom. The molecular formula is C17H26N2O2. The molecule has 1 aromatic carbocycles. The fourth-order valence-corrected chi connectivity index (χ4v) is 2.67. The molecular weight excluding hydrogens is 264 g/mol. The molecule has 0 atom stereocenters. The smallest absolute Gasteiger partial charge is 0.410 e. The molecule has 2 rings (SSSR count). The predicted octanol–water partition coefficient (Wildman–Crippen LogP) is 3.52. The number of nitrogens with zero attached hydrogens (tertiary/aromatic N) is 2. The van der Waals surface area contributed by atoms with Gasteiger partial charge >= 0.3 is 6.09 Å². The Kier molecular flexibility index (Phi) is 4.17. The minimum atomic E-state index is -0.455. The molecule has 0 spiro atoms. The molecule has 1 aliphatic heterocycles. The van der Waals surface area contributed by atoms with Crippen molar-refractivity contribution in [3.63, 3.8) is 0 Å². The minimum absolute atomic E-state index is 0.222. The van der Waals surface area contributed by atoms with E-state index in [4.69, 9.17) is 4.74 Å². The van der Waals surface area contributed by atoms with Gasteiger partial charge in [0.2, 0.25) is 0 Å². The number of para-hydroxylation sites is 1. The molecule has 1 saturated heterocycles. The Morgan fingerprint density at radius 2 is 1.76 bits per heavy atom. The largest absolute Gasteiger partial charge is 0.444 e. The van der Waals surface area contributed by atoms with Gasteiger partial charge in [-0.1, -0.05) is 18.2 Å². The normalized spacial score (nSPS) is 18.5. The van der Waals surface area contributed by atoms with Crippen molar-refractivity contribution in [1.82, 2.24) is 4.90 Å². The zero-order valence-electron chi connectivity index (χ0n) is 13.7. The van der Waals surface area contributed by atoms with E-state index in [0.29, 0.717) is 6.54 Å². The fourth-order valence-electron chi connectivity index (χ4n) is 2.67. The van der Waals surface area contributed by atoms with Gasteiger partial charge in [-0.2, -0.15) is 0 Å². The number of hydrogen-bond acceptors (Lipinski definition) is 3. The number of benzene rings is 1. The summed E-state index contributed by atoms with van der Waals surface area (Å²) in [4.78, 5) is 16.5.